The van der Waals surface area contributed by atoms with Gasteiger partial charge in [0.2, 0.25) is 0 Å². The van der Waals surface area contributed by atoms with Gasteiger partial charge in [-0.15, -0.1) is 0 Å². The molecular weight excluding hydrogens is 340 g/mol. The van der Waals surface area contributed by atoms with Crippen LogP contribution in [0, 0.1) is 5.41 Å². The molecule has 0 radical (unpaired) electrons. The maximum atomic E-state index is 12.7. The van der Waals surface area contributed by atoms with Crippen LogP contribution in [-0.4, -0.2) is 41.9 Å². The minimum atomic E-state index is -0.644. The molecule has 0 N–H and O–H groups in total. The molecule has 0 bridgehead atoms. The molecule has 1 atom stereocenters. The first-order chi connectivity index (χ1) is 12.3. The van der Waals surface area contributed by atoms with E-state index in [9.17, 15) is 9.59 Å². The predicted molar refractivity (Wildman–Crippen MR) is 93.3 cm³/mol. The van der Waals surface area contributed by atoms with E-state index in [2.05, 4.69) is 4.98 Å². The summed E-state index contributed by atoms with van der Waals surface area (Å²) in [6.45, 7) is 6.15. The molecule has 1 unspecified atom stereocenters. The predicted octanol–water partition coefficient (Wildman–Crippen LogP) is 1.73. The Morgan fingerprint density at radius 3 is 2.69 bits per heavy atom. The summed E-state index contributed by atoms with van der Waals surface area (Å²) in [6, 6.07) is 3.24. The zero-order valence-corrected chi connectivity index (χ0v) is 15.3. The third-order valence-corrected chi connectivity index (χ3v) is 3.88. The van der Waals surface area contributed by atoms with E-state index in [0.29, 0.717) is 35.6 Å². The van der Waals surface area contributed by atoms with Crippen LogP contribution < -0.4 is 15.0 Å². The standard InChI is InChI=1S/C18H22N2O6/c1-18(2,3)17(22)26-10-20-9-19-13-6-15(25-8-11-7-24-11)14(23-4)5-12(13)16(20)21/h5-6,9,11H,7-8,10H2,1-4H3. The number of epoxide rings is 1. The molecule has 140 valence electrons. The summed E-state index contributed by atoms with van der Waals surface area (Å²) in [6.07, 6.45) is 1.45. The monoisotopic (exact) mass is 362 g/mol. The van der Waals surface area contributed by atoms with Crippen LogP contribution in [-0.2, 0) is 21.0 Å². The molecule has 1 aliphatic rings. The van der Waals surface area contributed by atoms with Crippen molar-refractivity contribution in [3.8, 4) is 11.5 Å². The third kappa shape index (κ3) is 3.96. The van der Waals surface area contributed by atoms with Crippen LogP contribution >= 0.6 is 0 Å². The first-order valence-corrected chi connectivity index (χ1v) is 8.28. The third-order valence-electron chi connectivity index (χ3n) is 3.88. The quantitative estimate of drug-likeness (QED) is 0.571. The summed E-state index contributed by atoms with van der Waals surface area (Å²) in [5.41, 5.74) is -0.498. The molecule has 3 rings (SSSR count). The van der Waals surface area contributed by atoms with E-state index < -0.39 is 11.4 Å². The molecule has 1 aromatic heterocycles. The van der Waals surface area contributed by atoms with E-state index in [1.54, 1.807) is 32.9 Å². The fraction of sp³-hybridized carbons (Fsp3) is 0.500. The molecule has 0 amide bonds. The van der Waals surface area contributed by atoms with Crippen molar-refractivity contribution in [2.45, 2.75) is 33.6 Å². The van der Waals surface area contributed by atoms with Crippen LogP contribution in [0.5, 0.6) is 11.5 Å². The fourth-order valence-corrected chi connectivity index (χ4v) is 2.22. The van der Waals surface area contributed by atoms with Crippen molar-refractivity contribution in [3.63, 3.8) is 0 Å². The Morgan fingerprint density at radius 1 is 1.35 bits per heavy atom. The van der Waals surface area contributed by atoms with Gasteiger partial charge in [0, 0.05) is 6.07 Å². The Balaban J connectivity index is 1.86. The lowest BCUT2D eigenvalue weighted by Gasteiger charge is -2.17. The van der Waals surface area contributed by atoms with Crippen LogP contribution in [0.25, 0.3) is 10.9 Å². The number of hydrogen-bond acceptors (Lipinski definition) is 7. The van der Waals surface area contributed by atoms with Gasteiger partial charge in [-0.3, -0.25) is 14.2 Å². The molecule has 2 heterocycles. The van der Waals surface area contributed by atoms with Crippen LogP contribution in [0.1, 0.15) is 20.8 Å². The van der Waals surface area contributed by atoms with Gasteiger partial charge in [0.15, 0.2) is 18.2 Å². The number of carbonyl (C=O) groups excluding carboxylic acids is 1. The minimum Gasteiger partial charge on any atom is -0.493 e. The minimum absolute atomic E-state index is 0.105. The summed E-state index contributed by atoms with van der Waals surface area (Å²) in [7, 11) is 1.50. The summed E-state index contributed by atoms with van der Waals surface area (Å²) in [5.74, 6) is 0.536. The zero-order chi connectivity index (χ0) is 18.9. The molecule has 1 fully saturated rings. The van der Waals surface area contributed by atoms with E-state index in [1.807, 2.05) is 0 Å². The second-order valence-corrected chi connectivity index (χ2v) is 7.12. The number of carbonyl (C=O) groups is 1. The fourth-order valence-electron chi connectivity index (χ4n) is 2.22. The van der Waals surface area contributed by atoms with Gasteiger partial charge in [-0.25, -0.2) is 4.98 Å². The SMILES string of the molecule is COc1cc2c(=O)n(COC(=O)C(C)(C)C)cnc2cc1OCC1CO1. The van der Waals surface area contributed by atoms with Gasteiger partial charge < -0.3 is 18.9 Å². The molecule has 26 heavy (non-hydrogen) atoms. The van der Waals surface area contributed by atoms with Crippen LogP contribution in [0.2, 0.25) is 0 Å². The smallest absolute Gasteiger partial charge is 0.312 e. The van der Waals surface area contributed by atoms with Crippen molar-refractivity contribution in [2.24, 2.45) is 5.41 Å². The van der Waals surface area contributed by atoms with Crippen molar-refractivity contribution in [3.05, 3.63) is 28.8 Å². The van der Waals surface area contributed by atoms with Crippen molar-refractivity contribution in [1.82, 2.24) is 9.55 Å². The number of benzene rings is 1. The molecule has 2 aromatic rings. The van der Waals surface area contributed by atoms with E-state index in [-0.39, 0.29) is 18.4 Å². The Labute approximate surface area is 150 Å². The molecule has 8 nitrogen and oxygen atoms in total. The Bertz CT molecular complexity index is 880. The van der Waals surface area contributed by atoms with E-state index in [4.69, 9.17) is 18.9 Å². The lowest BCUT2D eigenvalue weighted by atomic mass is 9.98. The highest BCUT2D eigenvalue weighted by atomic mass is 16.6. The first-order valence-electron chi connectivity index (χ1n) is 8.28. The topological polar surface area (TPSA) is 92.2 Å². The number of hydrogen-bond donors (Lipinski definition) is 0. The van der Waals surface area contributed by atoms with Gasteiger partial charge in [0.05, 0.1) is 30.0 Å². The molecule has 8 heteroatoms. The van der Waals surface area contributed by atoms with Crippen molar-refractivity contribution >= 4 is 16.9 Å². The summed E-state index contributed by atoms with van der Waals surface area (Å²) in [5, 5.41) is 0.353. The Morgan fingerprint density at radius 2 is 2.08 bits per heavy atom. The molecule has 1 aliphatic heterocycles. The van der Waals surface area contributed by atoms with E-state index >= 15 is 0 Å². The highest BCUT2D eigenvalue weighted by Gasteiger charge is 2.25. The number of aromatic nitrogens is 2. The number of fused-ring (bicyclic) bond motifs is 1. The molecule has 0 saturated carbocycles. The molecule has 0 spiro atoms. The van der Waals surface area contributed by atoms with Gasteiger partial charge >= 0.3 is 5.97 Å². The first kappa shape index (κ1) is 18.2. The Kier molecular flexibility index (Phi) is 4.86. The number of ether oxygens (including phenoxy) is 4. The second kappa shape index (κ2) is 6.95. The second-order valence-electron chi connectivity index (χ2n) is 7.12. The Hall–Kier alpha value is -2.61. The van der Waals surface area contributed by atoms with Crippen molar-refractivity contribution in [2.75, 3.05) is 20.3 Å². The highest BCUT2D eigenvalue weighted by Crippen LogP contribution is 2.31. The summed E-state index contributed by atoms with van der Waals surface area (Å²) >= 11 is 0. The largest absolute Gasteiger partial charge is 0.493 e. The average molecular weight is 362 g/mol. The lowest BCUT2D eigenvalue weighted by molar-refractivity contribution is -0.157. The molecular formula is C18H22N2O6. The van der Waals surface area contributed by atoms with E-state index in [0.717, 1.165) is 0 Å². The number of rotatable bonds is 6. The van der Waals surface area contributed by atoms with Gasteiger partial charge in [0.25, 0.3) is 5.56 Å². The van der Waals surface area contributed by atoms with Gasteiger partial charge in [0.1, 0.15) is 19.0 Å². The normalized spacial score (nSPS) is 16.4. The number of esters is 1. The summed E-state index contributed by atoms with van der Waals surface area (Å²) in [4.78, 5) is 28.8. The van der Waals surface area contributed by atoms with Crippen LogP contribution in [0.15, 0.2) is 23.3 Å². The maximum Gasteiger partial charge on any atom is 0.312 e. The number of nitrogens with zero attached hydrogens (tertiary/aromatic N) is 2. The molecule has 1 aromatic carbocycles. The summed E-state index contributed by atoms with van der Waals surface area (Å²) < 4.78 is 22.5. The van der Waals surface area contributed by atoms with E-state index in [1.165, 1.54) is 18.0 Å². The molecule has 1 saturated heterocycles. The maximum absolute atomic E-state index is 12.7. The van der Waals surface area contributed by atoms with Crippen molar-refractivity contribution < 1.29 is 23.7 Å². The van der Waals surface area contributed by atoms with Gasteiger partial charge in [-0.1, -0.05) is 0 Å². The molecule has 0 aliphatic carbocycles. The van der Waals surface area contributed by atoms with Crippen LogP contribution in [0.4, 0.5) is 0 Å². The van der Waals surface area contributed by atoms with Crippen molar-refractivity contribution in [1.29, 1.82) is 0 Å². The average Bonchev–Trinajstić information content (AvgIpc) is 3.42. The highest BCUT2D eigenvalue weighted by molar-refractivity contribution is 5.81. The number of methoxy groups -OCH3 is 1. The van der Waals surface area contributed by atoms with Gasteiger partial charge in [-0.05, 0) is 26.8 Å². The lowest BCUT2D eigenvalue weighted by Crippen LogP contribution is -2.28. The van der Waals surface area contributed by atoms with Gasteiger partial charge in [-0.2, -0.15) is 0 Å². The van der Waals surface area contributed by atoms with Crippen LogP contribution in [0.3, 0.4) is 0 Å². The zero-order valence-electron chi connectivity index (χ0n) is 15.3.